The van der Waals surface area contributed by atoms with Gasteiger partial charge in [0.25, 0.3) is 0 Å². The maximum absolute atomic E-state index is 12.8. The summed E-state index contributed by atoms with van der Waals surface area (Å²) >= 11 is 0. The van der Waals surface area contributed by atoms with Crippen LogP contribution in [-0.2, 0) is 11.2 Å². The Morgan fingerprint density at radius 2 is 1.55 bits per heavy atom. The van der Waals surface area contributed by atoms with E-state index in [9.17, 15) is 14.4 Å². The molecular weight excluding hydrogens is 418 g/mol. The lowest BCUT2D eigenvalue weighted by Crippen LogP contribution is -2.70. The van der Waals surface area contributed by atoms with Crippen molar-refractivity contribution < 1.29 is 19.5 Å². The molecule has 3 heterocycles. The number of carbonyl (C=O) groups is 3. The molecule has 7 nitrogen and oxygen atoms in total. The first kappa shape index (κ1) is 21.5. The van der Waals surface area contributed by atoms with E-state index < -0.39 is 5.97 Å². The summed E-state index contributed by atoms with van der Waals surface area (Å²) in [5, 5.41) is 12.1. The third kappa shape index (κ3) is 4.45. The highest BCUT2D eigenvalue weighted by atomic mass is 16.4. The topological polar surface area (TPSA) is 90.0 Å². The molecular formula is C26H29N3O4. The van der Waals surface area contributed by atoms with Crippen LogP contribution in [-0.4, -0.2) is 64.5 Å². The SMILES string of the molecule is O=C1CCC2(CN(C(=O)N3CCC(Cc4ccc(-c5ccc(C(=O)O)cc5)cc4)CC3)C2)N1. The van der Waals surface area contributed by atoms with Gasteiger partial charge in [-0.1, -0.05) is 36.4 Å². The maximum Gasteiger partial charge on any atom is 0.335 e. The standard InChI is InChI=1S/C26H29N3O4/c30-23-9-12-26(27-23)16-29(17-26)25(33)28-13-10-19(11-14-28)15-18-1-3-20(4-2-18)21-5-7-22(8-6-21)24(31)32/h1-8,19H,9-17H2,(H,27,30)(H,31,32). The van der Waals surface area contributed by atoms with Gasteiger partial charge in [0.1, 0.15) is 0 Å². The molecule has 3 aliphatic rings. The fourth-order valence-corrected chi connectivity index (χ4v) is 5.33. The monoisotopic (exact) mass is 447 g/mol. The van der Waals surface area contributed by atoms with Crippen LogP contribution in [0.25, 0.3) is 11.1 Å². The highest BCUT2D eigenvalue weighted by molar-refractivity contribution is 5.88. The van der Waals surface area contributed by atoms with Gasteiger partial charge in [0.15, 0.2) is 0 Å². The molecule has 3 saturated heterocycles. The normalized spacial score (nSPS) is 19.9. The number of rotatable bonds is 4. The largest absolute Gasteiger partial charge is 0.478 e. The second kappa shape index (κ2) is 8.54. The van der Waals surface area contributed by atoms with Gasteiger partial charge < -0.3 is 20.2 Å². The van der Waals surface area contributed by atoms with Gasteiger partial charge in [0.2, 0.25) is 5.91 Å². The molecule has 0 bridgehead atoms. The lowest BCUT2D eigenvalue weighted by molar-refractivity contribution is -0.120. The summed E-state index contributed by atoms with van der Waals surface area (Å²) < 4.78 is 0. The minimum Gasteiger partial charge on any atom is -0.478 e. The number of aromatic carboxylic acids is 1. The molecule has 172 valence electrons. The van der Waals surface area contributed by atoms with E-state index in [0.29, 0.717) is 31.0 Å². The van der Waals surface area contributed by atoms with E-state index in [2.05, 4.69) is 29.6 Å². The molecule has 1 spiro atoms. The van der Waals surface area contributed by atoms with Crippen LogP contribution in [0.5, 0.6) is 0 Å². The molecule has 0 aromatic heterocycles. The van der Waals surface area contributed by atoms with Crippen LogP contribution in [0, 0.1) is 5.92 Å². The fourth-order valence-electron chi connectivity index (χ4n) is 5.33. The van der Waals surface area contributed by atoms with Crippen LogP contribution < -0.4 is 5.32 Å². The zero-order chi connectivity index (χ0) is 23.0. The molecule has 2 aromatic rings. The van der Waals surface area contributed by atoms with Crippen LogP contribution in [0.15, 0.2) is 48.5 Å². The molecule has 3 fully saturated rings. The van der Waals surface area contributed by atoms with Crippen molar-refractivity contribution in [3.8, 4) is 11.1 Å². The van der Waals surface area contributed by atoms with Gasteiger partial charge in [0, 0.05) is 32.6 Å². The van der Waals surface area contributed by atoms with Gasteiger partial charge in [-0.3, -0.25) is 4.79 Å². The molecule has 2 aromatic carbocycles. The van der Waals surface area contributed by atoms with Crippen LogP contribution in [0.1, 0.15) is 41.6 Å². The third-order valence-corrected chi connectivity index (χ3v) is 7.32. The number of benzene rings is 2. The number of carboxylic acid groups (broad SMARTS) is 1. The number of carbonyl (C=O) groups excluding carboxylic acids is 2. The Balaban J connectivity index is 1.10. The number of hydrogen-bond acceptors (Lipinski definition) is 3. The molecule has 0 saturated carbocycles. The van der Waals surface area contributed by atoms with E-state index in [0.717, 1.165) is 49.9 Å². The second-order valence-corrected chi connectivity index (χ2v) is 9.68. The molecule has 7 heteroatoms. The molecule has 0 unspecified atom stereocenters. The summed E-state index contributed by atoms with van der Waals surface area (Å²) in [5.74, 6) is -0.251. The lowest BCUT2D eigenvalue weighted by atomic mass is 9.88. The smallest absolute Gasteiger partial charge is 0.335 e. The maximum atomic E-state index is 12.8. The van der Waals surface area contributed by atoms with Gasteiger partial charge in [-0.25, -0.2) is 9.59 Å². The Hall–Kier alpha value is -3.35. The zero-order valence-electron chi connectivity index (χ0n) is 18.6. The number of carboxylic acids is 1. The summed E-state index contributed by atoms with van der Waals surface area (Å²) in [4.78, 5) is 39.1. The van der Waals surface area contributed by atoms with Crippen molar-refractivity contribution in [3.63, 3.8) is 0 Å². The van der Waals surface area contributed by atoms with Gasteiger partial charge >= 0.3 is 12.0 Å². The van der Waals surface area contributed by atoms with Crippen LogP contribution in [0.4, 0.5) is 4.79 Å². The van der Waals surface area contributed by atoms with Gasteiger partial charge in [-0.15, -0.1) is 0 Å². The summed E-state index contributed by atoms with van der Waals surface area (Å²) in [6.45, 7) is 2.85. The summed E-state index contributed by atoms with van der Waals surface area (Å²) in [7, 11) is 0. The number of urea groups is 1. The molecule has 0 radical (unpaired) electrons. The van der Waals surface area contributed by atoms with E-state index in [1.54, 1.807) is 12.1 Å². The van der Waals surface area contributed by atoms with Crippen molar-refractivity contribution in [2.45, 2.75) is 37.6 Å². The third-order valence-electron chi connectivity index (χ3n) is 7.32. The first-order valence-corrected chi connectivity index (χ1v) is 11.7. The zero-order valence-corrected chi connectivity index (χ0v) is 18.6. The molecule has 0 aliphatic carbocycles. The van der Waals surface area contributed by atoms with Crippen LogP contribution in [0.3, 0.4) is 0 Å². The molecule has 0 atom stereocenters. The fraction of sp³-hybridized carbons (Fsp3) is 0.423. The van der Waals surface area contributed by atoms with Crippen molar-refractivity contribution in [2.24, 2.45) is 5.92 Å². The second-order valence-electron chi connectivity index (χ2n) is 9.68. The average Bonchev–Trinajstić information content (AvgIpc) is 3.21. The average molecular weight is 448 g/mol. The first-order chi connectivity index (χ1) is 15.9. The van der Waals surface area contributed by atoms with Gasteiger partial charge in [0.05, 0.1) is 11.1 Å². The highest BCUT2D eigenvalue weighted by Gasteiger charge is 2.50. The predicted octanol–water partition coefficient (Wildman–Crippen LogP) is 3.39. The highest BCUT2D eigenvalue weighted by Crippen LogP contribution is 2.32. The number of amides is 3. The van der Waals surface area contributed by atoms with E-state index in [4.69, 9.17) is 5.11 Å². The minimum atomic E-state index is -0.916. The molecule has 5 rings (SSSR count). The van der Waals surface area contributed by atoms with Crippen molar-refractivity contribution in [1.29, 1.82) is 0 Å². The van der Waals surface area contributed by atoms with Crippen molar-refractivity contribution in [3.05, 3.63) is 59.7 Å². The number of nitrogens with zero attached hydrogens (tertiary/aromatic N) is 2. The Bertz CT molecular complexity index is 1050. The van der Waals surface area contributed by atoms with Crippen molar-refractivity contribution in [1.82, 2.24) is 15.1 Å². The lowest BCUT2D eigenvalue weighted by Gasteiger charge is -2.49. The first-order valence-electron chi connectivity index (χ1n) is 11.7. The molecule has 3 amide bonds. The van der Waals surface area contributed by atoms with E-state index in [1.807, 2.05) is 21.9 Å². The molecule has 3 aliphatic heterocycles. The van der Waals surface area contributed by atoms with E-state index in [1.165, 1.54) is 5.56 Å². The Labute approximate surface area is 193 Å². The van der Waals surface area contributed by atoms with E-state index >= 15 is 0 Å². The molecule has 2 N–H and O–H groups in total. The number of likely N-dealkylation sites (tertiary alicyclic amines) is 2. The van der Waals surface area contributed by atoms with Crippen LogP contribution in [0.2, 0.25) is 0 Å². The van der Waals surface area contributed by atoms with Gasteiger partial charge in [-0.2, -0.15) is 0 Å². The summed E-state index contributed by atoms with van der Waals surface area (Å²) in [6.07, 6.45) is 4.41. The number of piperidine rings is 1. The van der Waals surface area contributed by atoms with Crippen molar-refractivity contribution in [2.75, 3.05) is 26.2 Å². The Morgan fingerprint density at radius 1 is 0.939 bits per heavy atom. The van der Waals surface area contributed by atoms with Crippen molar-refractivity contribution >= 4 is 17.9 Å². The Kier molecular flexibility index (Phi) is 5.56. The number of nitrogens with one attached hydrogen (secondary N) is 1. The summed E-state index contributed by atoms with van der Waals surface area (Å²) in [6, 6.07) is 15.5. The molecule has 33 heavy (non-hydrogen) atoms. The quantitative estimate of drug-likeness (QED) is 0.752. The minimum absolute atomic E-state index is 0.104. The summed E-state index contributed by atoms with van der Waals surface area (Å²) in [5.41, 5.74) is 3.49. The Morgan fingerprint density at radius 3 is 2.09 bits per heavy atom. The van der Waals surface area contributed by atoms with E-state index in [-0.39, 0.29) is 17.5 Å². The van der Waals surface area contributed by atoms with Crippen LogP contribution >= 0.6 is 0 Å². The number of hydrogen-bond donors (Lipinski definition) is 2. The van der Waals surface area contributed by atoms with Gasteiger partial charge in [-0.05, 0) is 60.4 Å². The predicted molar refractivity (Wildman–Crippen MR) is 124 cm³/mol.